The summed E-state index contributed by atoms with van der Waals surface area (Å²) in [6.07, 6.45) is -0.759. The van der Waals surface area contributed by atoms with Gasteiger partial charge in [0.15, 0.2) is 6.29 Å². The standard InChI is InChI=1S/C8H19NO4/c1-8(12)13-7-4-9(2-5-10)3-6-11/h8,10-12H,2-7H2,1H3. The van der Waals surface area contributed by atoms with Crippen LogP contribution in [-0.2, 0) is 4.74 Å². The molecule has 1 atom stereocenters. The number of ether oxygens (including phenoxy) is 1. The van der Waals surface area contributed by atoms with Crippen LogP contribution < -0.4 is 0 Å². The van der Waals surface area contributed by atoms with Crippen molar-refractivity contribution in [1.82, 2.24) is 4.90 Å². The second-order valence-electron chi connectivity index (χ2n) is 2.76. The Kier molecular flexibility index (Phi) is 8.27. The summed E-state index contributed by atoms with van der Waals surface area (Å²) in [7, 11) is 0. The van der Waals surface area contributed by atoms with E-state index in [4.69, 9.17) is 20.1 Å². The zero-order chi connectivity index (χ0) is 10.1. The quantitative estimate of drug-likeness (QED) is 0.415. The molecule has 0 bridgehead atoms. The fourth-order valence-electron chi connectivity index (χ4n) is 0.971. The molecule has 0 aromatic rings. The van der Waals surface area contributed by atoms with E-state index in [1.54, 1.807) is 6.92 Å². The van der Waals surface area contributed by atoms with Crippen LogP contribution in [0.3, 0.4) is 0 Å². The Balaban J connectivity index is 3.44. The molecule has 0 aliphatic carbocycles. The molecule has 0 amide bonds. The number of aliphatic hydroxyl groups is 3. The van der Waals surface area contributed by atoms with E-state index in [0.717, 1.165) is 0 Å². The van der Waals surface area contributed by atoms with Crippen molar-refractivity contribution in [1.29, 1.82) is 0 Å². The molecule has 13 heavy (non-hydrogen) atoms. The molecule has 0 aromatic heterocycles. The van der Waals surface area contributed by atoms with Gasteiger partial charge in [0.2, 0.25) is 0 Å². The molecule has 0 spiro atoms. The molecular weight excluding hydrogens is 174 g/mol. The zero-order valence-electron chi connectivity index (χ0n) is 8.02. The third-order valence-electron chi connectivity index (χ3n) is 1.60. The van der Waals surface area contributed by atoms with Gasteiger partial charge in [-0.3, -0.25) is 4.90 Å². The molecule has 5 nitrogen and oxygen atoms in total. The van der Waals surface area contributed by atoms with Gasteiger partial charge in [0.1, 0.15) is 0 Å². The van der Waals surface area contributed by atoms with Gasteiger partial charge in [-0.05, 0) is 6.92 Å². The van der Waals surface area contributed by atoms with Gasteiger partial charge in [0.25, 0.3) is 0 Å². The van der Waals surface area contributed by atoms with Gasteiger partial charge in [0, 0.05) is 19.6 Å². The van der Waals surface area contributed by atoms with E-state index in [0.29, 0.717) is 26.2 Å². The molecule has 0 rings (SSSR count). The molecule has 0 aliphatic heterocycles. The third-order valence-corrected chi connectivity index (χ3v) is 1.60. The third kappa shape index (κ3) is 8.14. The molecular formula is C8H19NO4. The number of hydrogen-bond donors (Lipinski definition) is 3. The first-order valence-electron chi connectivity index (χ1n) is 4.44. The molecule has 5 heteroatoms. The van der Waals surface area contributed by atoms with Crippen LogP contribution in [-0.4, -0.2) is 66.0 Å². The molecule has 0 fully saturated rings. The van der Waals surface area contributed by atoms with E-state index < -0.39 is 6.29 Å². The maximum absolute atomic E-state index is 8.79. The van der Waals surface area contributed by atoms with Crippen molar-refractivity contribution >= 4 is 0 Å². The van der Waals surface area contributed by atoms with Gasteiger partial charge >= 0.3 is 0 Å². The molecule has 0 saturated heterocycles. The largest absolute Gasteiger partial charge is 0.395 e. The molecule has 0 heterocycles. The Bertz CT molecular complexity index is 104. The van der Waals surface area contributed by atoms with Crippen molar-refractivity contribution in [3.63, 3.8) is 0 Å². The lowest BCUT2D eigenvalue weighted by Gasteiger charge is -2.20. The van der Waals surface area contributed by atoms with Crippen LogP contribution in [0.1, 0.15) is 6.92 Å². The molecule has 0 aromatic carbocycles. The summed E-state index contributed by atoms with van der Waals surface area (Å²) in [5.74, 6) is 0. The number of aliphatic hydroxyl groups excluding tert-OH is 3. The average Bonchev–Trinajstić information content (AvgIpc) is 2.04. The Morgan fingerprint density at radius 2 is 1.69 bits per heavy atom. The second-order valence-corrected chi connectivity index (χ2v) is 2.76. The van der Waals surface area contributed by atoms with Gasteiger partial charge in [-0.1, -0.05) is 0 Å². The van der Waals surface area contributed by atoms with Crippen LogP contribution in [0, 0.1) is 0 Å². The minimum atomic E-state index is -0.759. The van der Waals surface area contributed by atoms with Gasteiger partial charge in [0.05, 0.1) is 19.8 Å². The van der Waals surface area contributed by atoms with Crippen molar-refractivity contribution in [2.24, 2.45) is 0 Å². The monoisotopic (exact) mass is 193 g/mol. The first-order valence-corrected chi connectivity index (χ1v) is 4.44. The summed E-state index contributed by atoms with van der Waals surface area (Å²) < 4.78 is 4.92. The predicted octanol–water partition coefficient (Wildman–Crippen LogP) is -1.37. The fourth-order valence-corrected chi connectivity index (χ4v) is 0.971. The van der Waals surface area contributed by atoms with Crippen molar-refractivity contribution in [2.75, 3.05) is 39.5 Å². The molecule has 1 unspecified atom stereocenters. The smallest absolute Gasteiger partial charge is 0.151 e. The average molecular weight is 193 g/mol. The van der Waals surface area contributed by atoms with Crippen molar-refractivity contribution in [3.05, 3.63) is 0 Å². The Labute approximate surface area is 78.5 Å². The van der Waals surface area contributed by atoms with Crippen LogP contribution in [0.2, 0.25) is 0 Å². The van der Waals surface area contributed by atoms with Crippen LogP contribution in [0.15, 0.2) is 0 Å². The van der Waals surface area contributed by atoms with E-state index in [2.05, 4.69) is 0 Å². The summed E-state index contributed by atoms with van der Waals surface area (Å²) in [5, 5.41) is 26.1. The summed E-state index contributed by atoms with van der Waals surface area (Å²) in [4.78, 5) is 1.86. The van der Waals surface area contributed by atoms with E-state index >= 15 is 0 Å². The number of hydrogen-bond acceptors (Lipinski definition) is 5. The van der Waals surface area contributed by atoms with Gasteiger partial charge in [-0.2, -0.15) is 0 Å². The molecule has 0 radical (unpaired) electrons. The van der Waals surface area contributed by atoms with E-state index in [9.17, 15) is 0 Å². The lowest BCUT2D eigenvalue weighted by atomic mass is 10.4. The highest BCUT2D eigenvalue weighted by molar-refractivity contribution is 4.55. The van der Waals surface area contributed by atoms with Crippen LogP contribution in [0.4, 0.5) is 0 Å². The van der Waals surface area contributed by atoms with Gasteiger partial charge in [-0.15, -0.1) is 0 Å². The Morgan fingerprint density at radius 3 is 2.08 bits per heavy atom. The van der Waals surface area contributed by atoms with Crippen LogP contribution in [0.5, 0.6) is 0 Å². The SMILES string of the molecule is CC(O)OCCN(CCO)CCO. The number of nitrogens with zero attached hydrogens (tertiary/aromatic N) is 1. The molecule has 0 saturated carbocycles. The Morgan fingerprint density at radius 1 is 1.15 bits per heavy atom. The van der Waals surface area contributed by atoms with Crippen molar-refractivity contribution in [3.8, 4) is 0 Å². The van der Waals surface area contributed by atoms with Crippen molar-refractivity contribution < 1.29 is 20.1 Å². The second kappa shape index (κ2) is 8.40. The van der Waals surface area contributed by atoms with Gasteiger partial charge < -0.3 is 20.1 Å². The summed E-state index contributed by atoms with van der Waals surface area (Å²) >= 11 is 0. The minimum absolute atomic E-state index is 0.0642. The van der Waals surface area contributed by atoms with Gasteiger partial charge in [-0.25, -0.2) is 0 Å². The lowest BCUT2D eigenvalue weighted by molar-refractivity contribution is -0.0899. The Hall–Kier alpha value is -0.200. The fraction of sp³-hybridized carbons (Fsp3) is 1.00. The maximum Gasteiger partial charge on any atom is 0.151 e. The molecule has 3 N–H and O–H groups in total. The topological polar surface area (TPSA) is 73.2 Å². The first-order chi connectivity index (χ1) is 6.20. The first kappa shape index (κ1) is 12.8. The highest BCUT2D eigenvalue weighted by atomic mass is 16.6. The highest BCUT2D eigenvalue weighted by Crippen LogP contribution is 1.89. The van der Waals surface area contributed by atoms with E-state index in [1.807, 2.05) is 4.90 Å². The van der Waals surface area contributed by atoms with Crippen molar-refractivity contribution in [2.45, 2.75) is 13.2 Å². The summed E-state index contributed by atoms with van der Waals surface area (Å²) in [6, 6.07) is 0. The van der Waals surface area contributed by atoms with Crippen LogP contribution >= 0.6 is 0 Å². The van der Waals surface area contributed by atoms with E-state index in [1.165, 1.54) is 0 Å². The summed E-state index contributed by atoms with van der Waals surface area (Å²) in [5.41, 5.74) is 0. The minimum Gasteiger partial charge on any atom is -0.395 e. The maximum atomic E-state index is 8.79. The normalized spacial score (nSPS) is 13.6. The lowest BCUT2D eigenvalue weighted by Crippen LogP contribution is -2.33. The zero-order valence-corrected chi connectivity index (χ0v) is 8.02. The predicted molar refractivity (Wildman–Crippen MR) is 48.2 cm³/mol. The summed E-state index contributed by atoms with van der Waals surface area (Å²) in [6.45, 7) is 3.71. The highest BCUT2D eigenvalue weighted by Gasteiger charge is 2.03. The van der Waals surface area contributed by atoms with Crippen LogP contribution in [0.25, 0.3) is 0 Å². The molecule has 80 valence electrons. The van der Waals surface area contributed by atoms with E-state index in [-0.39, 0.29) is 13.2 Å². The molecule has 0 aliphatic rings. The number of rotatable bonds is 8.